The molecular formula is C22H32N2. The van der Waals surface area contributed by atoms with Gasteiger partial charge < -0.3 is 4.57 Å². The maximum Gasteiger partial charge on any atom is 0.0756 e. The standard InChI is InChI=1S/C22H32N2/c1-17(2)12-16-24-15-6-14-23-13-5-7-21(23)22(24)20-10-8-19(9-11-20)18(3)4/h5,7-11,13,17-18,22H,6,12,14-16H2,1-4H3/t22-/m1/s1. The topological polar surface area (TPSA) is 8.17 Å². The van der Waals surface area contributed by atoms with Gasteiger partial charge in [0.15, 0.2) is 0 Å². The molecule has 24 heavy (non-hydrogen) atoms. The van der Waals surface area contributed by atoms with Gasteiger partial charge in [0.2, 0.25) is 0 Å². The minimum absolute atomic E-state index is 0.391. The average molecular weight is 325 g/mol. The van der Waals surface area contributed by atoms with Gasteiger partial charge in [-0.15, -0.1) is 0 Å². The summed E-state index contributed by atoms with van der Waals surface area (Å²) in [6, 6.07) is 14.3. The largest absolute Gasteiger partial charge is 0.350 e. The van der Waals surface area contributed by atoms with Gasteiger partial charge in [0, 0.05) is 25.0 Å². The van der Waals surface area contributed by atoms with Gasteiger partial charge in [0.05, 0.1) is 6.04 Å². The van der Waals surface area contributed by atoms with Crippen molar-refractivity contribution in [3.63, 3.8) is 0 Å². The van der Waals surface area contributed by atoms with Crippen LogP contribution in [0.5, 0.6) is 0 Å². The van der Waals surface area contributed by atoms with E-state index in [0.717, 1.165) is 12.5 Å². The molecule has 1 aliphatic rings. The lowest BCUT2D eigenvalue weighted by Crippen LogP contribution is -2.31. The van der Waals surface area contributed by atoms with Crippen LogP contribution in [0.2, 0.25) is 0 Å². The molecule has 0 fully saturated rings. The van der Waals surface area contributed by atoms with E-state index in [9.17, 15) is 0 Å². The molecule has 0 spiro atoms. The van der Waals surface area contributed by atoms with E-state index in [1.54, 1.807) is 0 Å². The molecule has 2 heteroatoms. The van der Waals surface area contributed by atoms with Gasteiger partial charge in [0.25, 0.3) is 0 Å². The summed E-state index contributed by atoms with van der Waals surface area (Å²) in [6.45, 7) is 12.7. The Bertz CT molecular complexity index is 636. The van der Waals surface area contributed by atoms with E-state index < -0.39 is 0 Å². The van der Waals surface area contributed by atoms with Gasteiger partial charge in [-0.25, -0.2) is 0 Å². The number of benzene rings is 1. The summed E-state index contributed by atoms with van der Waals surface area (Å²) in [7, 11) is 0. The third kappa shape index (κ3) is 3.75. The Morgan fingerprint density at radius 1 is 1.00 bits per heavy atom. The van der Waals surface area contributed by atoms with Gasteiger partial charge in [-0.1, -0.05) is 52.0 Å². The van der Waals surface area contributed by atoms with Crippen molar-refractivity contribution in [1.82, 2.24) is 9.47 Å². The Morgan fingerprint density at radius 3 is 2.42 bits per heavy atom. The van der Waals surface area contributed by atoms with Crippen LogP contribution in [-0.4, -0.2) is 22.6 Å². The van der Waals surface area contributed by atoms with Gasteiger partial charge in [-0.2, -0.15) is 0 Å². The third-order valence-electron chi connectivity index (χ3n) is 5.27. The van der Waals surface area contributed by atoms with Crippen LogP contribution in [0.4, 0.5) is 0 Å². The molecule has 2 nitrogen and oxygen atoms in total. The van der Waals surface area contributed by atoms with Crippen LogP contribution in [0.15, 0.2) is 42.6 Å². The Hall–Kier alpha value is -1.54. The number of aryl methyl sites for hydroxylation is 1. The number of hydrogen-bond donors (Lipinski definition) is 0. The third-order valence-corrected chi connectivity index (χ3v) is 5.27. The van der Waals surface area contributed by atoms with Crippen LogP contribution in [0.25, 0.3) is 0 Å². The Kier molecular flexibility index (Phi) is 5.45. The molecule has 0 amide bonds. The first-order valence-corrected chi connectivity index (χ1v) is 9.55. The van der Waals surface area contributed by atoms with E-state index in [1.165, 1.54) is 42.8 Å². The van der Waals surface area contributed by atoms with Crippen LogP contribution in [0.1, 0.15) is 69.3 Å². The lowest BCUT2D eigenvalue weighted by molar-refractivity contribution is 0.216. The van der Waals surface area contributed by atoms with Crippen LogP contribution < -0.4 is 0 Å². The highest BCUT2D eigenvalue weighted by Crippen LogP contribution is 2.33. The zero-order valence-corrected chi connectivity index (χ0v) is 15.7. The molecule has 0 unspecified atom stereocenters. The maximum atomic E-state index is 2.70. The quantitative estimate of drug-likeness (QED) is 0.709. The molecule has 2 heterocycles. The number of fused-ring (bicyclic) bond motifs is 1. The van der Waals surface area contributed by atoms with Crippen molar-refractivity contribution in [3.8, 4) is 0 Å². The molecule has 1 atom stereocenters. The first-order chi connectivity index (χ1) is 11.6. The van der Waals surface area contributed by atoms with Crippen molar-refractivity contribution in [2.24, 2.45) is 5.92 Å². The monoisotopic (exact) mass is 324 g/mol. The normalized spacial score (nSPS) is 18.8. The van der Waals surface area contributed by atoms with Crippen molar-refractivity contribution in [3.05, 3.63) is 59.4 Å². The van der Waals surface area contributed by atoms with E-state index in [2.05, 4.69) is 79.8 Å². The van der Waals surface area contributed by atoms with Crippen molar-refractivity contribution < 1.29 is 0 Å². The first kappa shape index (κ1) is 17.3. The van der Waals surface area contributed by atoms with E-state index in [-0.39, 0.29) is 0 Å². The molecule has 0 bridgehead atoms. The minimum atomic E-state index is 0.391. The SMILES string of the molecule is CC(C)CCN1CCCn2cccc2[C@H]1c1ccc(C(C)C)cc1. The highest BCUT2D eigenvalue weighted by Gasteiger charge is 2.27. The van der Waals surface area contributed by atoms with Crippen molar-refractivity contribution in [2.45, 2.75) is 59.0 Å². The van der Waals surface area contributed by atoms with Crippen molar-refractivity contribution in [2.75, 3.05) is 13.1 Å². The first-order valence-electron chi connectivity index (χ1n) is 9.55. The van der Waals surface area contributed by atoms with Crippen LogP contribution in [-0.2, 0) is 6.54 Å². The highest BCUT2D eigenvalue weighted by atomic mass is 15.2. The maximum absolute atomic E-state index is 2.70. The molecule has 2 aromatic rings. The van der Waals surface area contributed by atoms with E-state index in [4.69, 9.17) is 0 Å². The second kappa shape index (κ2) is 7.57. The fourth-order valence-electron chi connectivity index (χ4n) is 3.75. The predicted octanol–water partition coefficient (Wildman–Crippen LogP) is 5.45. The van der Waals surface area contributed by atoms with Crippen LogP contribution >= 0.6 is 0 Å². The Morgan fingerprint density at radius 2 is 1.75 bits per heavy atom. The Balaban J connectivity index is 1.94. The molecule has 0 saturated heterocycles. The summed E-state index contributed by atoms with van der Waals surface area (Å²) in [5.41, 5.74) is 4.31. The molecular weight excluding hydrogens is 292 g/mol. The van der Waals surface area contributed by atoms with Crippen molar-refractivity contribution in [1.29, 1.82) is 0 Å². The van der Waals surface area contributed by atoms with Crippen LogP contribution in [0.3, 0.4) is 0 Å². The predicted molar refractivity (Wildman–Crippen MR) is 102 cm³/mol. The molecule has 1 aromatic heterocycles. The van der Waals surface area contributed by atoms with Gasteiger partial charge in [0.1, 0.15) is 0 Å². The van der Waals surface area contributed by atoms with Gasteiger partial charge >= 0.3 is 0 Å². The number of aromatic nitrogens is 1. The highest BCUT2D eigenvalue weighted by molar-refractivity contribution is 5.33. The molecule has 0 radical (unpaired) electrons. The summed E-state index contributed by atoms with van der Waals surface area (Å²) < 4.78 is 2.45. The summed E-state index contributed by atoms with van der Waals surface area (Å²) >= 11 is 0. The molecule has 130 valence electrons. The smallest absolute Gasteiger partial charge is 0.0756 e. The van der Waals surface area contributed by atoms with E-state index in [0.29, 0.717) is 12.0 Å². The van der Waals surface area contributed by atoms with Crippen LogP contribution in [0, 0.1) is 5.92 Å². The van der Waals surface area contributed by atoms with Gasteiger partial charge in [-0.05, 0) is 54.5 Å². The molecule has 0 aliphatic carbocycles. The molecule has 0 N–H and O–H groups in total. The Labute approximate surface area is 147 Å². The molecule has 0 saturated carbocycles. The minimum Gasteiger partial charge on any atom is -0.350 e. The molecule has 1 aromatic carbocycles. The zero-order chi connectivity index (χ0) is 17.1. The summed E-state index contributed by atoms with van der Waals surface area (Å²) in [5.74, 6) is 1.35. The fourth-order valence-corrected chi connectivity index (χ4v) is 3.75. The number of nitrogens with zero attached hydrogens (tertiary/aromatic N) is 2. The summed E-state index contributed by atoms with van der Waals surface area (Å²) in [4.78, 5) is 2.70. The lowest BCUT2D eigenvalue weighted by Gasteiger charge is -2.31. The average Bonchev–Trinajstić information content (AvgIpc) is 2.94. The second-order valence-electron chi connectivity index (χ2n) is 7.92. The van der Waals surface area contributed by atoms with E-state index in [1.807, 2.05) is 0 Å². The van der Waals surface area contributed by atoms with E-state index >= 15 is 0 Å². The van der Waals surface area contributed by atoms with Crippen molar-refractivity contribution >= 4 is 0 Å². The summed E-state index contributed by atoms with van der Waals surface area (Å²) in [6.07, 6.45) is 4.75. The second-order valence-corrected chi connectivity index (χ2v) is 7.92. The number of rotatable bonds is 5. The fraction of sp³-hybridized carbons (Fsp3) is 0.545. The number of hydrogen-bond acceptors (Lipinski definition) is 1. The lowest BCUT2D eigenvalue weighted by atomic mass is 9.96. The molecule has 3 rings (SSSR count). The van der Waals surface area contributed by atoms with Gasteiger partial charge in [-0.3, -0.25) is 4.90 Å². The molecule has 1 aliphatic heterocycles. The summed E-state index contributed by atoms with van der Waals surface area (Å²) in [5, 5.41) is 0. The zero-order valence-electron chi connectivity index (χ0n) is 15.7.